The van der Waals surface area contributed by atoms with E-state index in [1.54, 1.807) is 17.9 Å². The first kappa shape index (κ1) is 26.7. The van der Waals surface area contributed by atoms with Crippen LogP contribution in [0.15, 0.2) is 48.5 Å². The van der Waals surface area contributed by atoms with Gasteiger partial charge in [0.15, 0.2) is 6.61 Å². The molecule has 2 aliphatic rings. The van der Waals surface area contributed by atoms with E-state index in [1.807, 2.05) is 42.5 Å². The maximum Gasteiger partial charge on any atom is 0.270 e. The molecule has 3 aromatic rings. The van der Waals surface area contributed by atoms with E-state index >= 15 is 0 Å². The molecule has 2 bridgehead atoms. The highest BCUT2D eigenvalue weighted by molar-refractivity contribution is 6.05. The molecule has 1 saturated carbocycles. The second kappa shape index (κ2) is 11.9. The predicted octanol–water partition coefficient (Wildman–Crippen LogP) is 2.21. The quantitative estimate of drug-likeness (QED) is 0.418. The van der Waals surface area contributed by atoms with Crippen LogP contribution >= 0.6 is 0 Å². The van der Waals surface area contributed by atoms with Crippen molar-refractivity contribution in [2.75, 3.05) is 33.4 Å². The molecule has 5 rings (SSSR count). The first-order valence-corrected chi connectivity index (χ1v) is 13.5. The summed E-state index contributed by atoms with van der Waals surface area (Å²) < 4.78 is 12.7. The monoisotopic (exact) mass is 533 g/mol. The molecule has 1 aliphatic carbocycles. The van der Waals surface area contributed by atoms with Gasteiger partial charge in [-0.1, -0.05) is 30.3 Å². The van der Waals surface area contributed by atoms with E-state index in [2.05, 4.69) is 21.0 Å². The zero-order valence-corrected chi connectivity index (χ0v) is 22.2. The minimum atomic E-state index is -0.912. The highest BCUT2D eigenvalue weighted by atomic mass is 16.5. The smallest absolute Gasteiger partial charge is 0.270 e. The van der Waals surface area contributed by atoms with Crippen LogP contribution < -0.4 is 20.7 Å². The Kier molecular flexibility index (Phi) is 8.11. The number of carbonyl (C=O) groups is 3. The van der Waals surface area contributed by atoms with Gasteiger partial charge in [0.25, 0.3) is 11.8 Å². The molecule has 1 fully saturated rings. The molecule has 10 nitrogen and oxygen atoms in total. The number of hydrogen-bond acceptors (Lipinski definition) is 6. The average Bonchev–Trinajstić information content (AvgIpc) is 3.67. The van der Waals surface area contributed by atoms with Crippen molar-refractivity contribution in [1.29, 1.82) is 0 Å². The highest BCUT2D eigenvalue weighted by Gasteiger charge is 2.41. The van der Waals surface area contributed by atoms with Crippen LogP contribution in [-0.4, -0.2) is 67.0 Å². The minimum absolute atomic E-state index is 0.0772. The number of hydrogen-bond donors (Lipinski definition) is 3. The Labute approximate surface area is 227 Å². The lowest BCUT2D eigenvalue weighted by molar-refractivity contribution is -0.131. The minimum Gasteiger partial charge on any atom is -0.484 e. The third kappa shape index (κ3) is 6.39. The van der Waals surface area contributed by atoms with E-state index in [4.69, 9.17) is 9.47 Å². The van der Waals surface area contributed by atoms with Crippen LogP contribution in [0.4, 0.5) is 0 Å². The maximum atomic E-state index is 13.9. The van der Waals surface area contributed by atoms with Crippen molar-refractivity contribution in [2.45, 2.75) is 44.7 Å². The number of methoxy groups -OCH3 is 1. The van der Waals surface area contributed by atoms with Crippen LogP contribution in [0.1, 0.15) is 41.7 Å². The molecule has 3 N–H and O–H groups in total. The molecule has 1 aromatic heterocycles. The van der Waals surface area contributed by atoms with E-state index < -0.39 is 5.41 Å². The van der Waals surface area contributed by atoms with Gasteiger partial charge in [-0.2, -0.15) is 5.10 Å². The summed E-state index contributed by atoms with van der Waals surface area (Å²) in [5, 5.41) is 14.4. The summed E-state index contributed by atoms with van der Waals surface area (Å²) in [6.45, 7) is 1.09. The van der Waals surface area contributed by atoms with E-state index in [-0.39, 0.29) is 43.5 Å². The number of nitrogens with zero attached hydrogens (tertiary/aromatic N) is 2. The molecule has 206 valence electrons. The van der Waals surface area contributed by atoms with Crippen LogP contribution in [0.3, 0.4) is 0 Å². The van der Waals surface area contributed by atoms with E-state index in [0.717, 1.165) is 18.4 Å². The zero-order chi connectivity index (χ0) is 27.2. The molecular weight excluding hydrogens is 498 g/mol. The topological polar surface area (TPSA) is 124 Å². The molecule has 2 aromatic carbocycles. The number of fused-ring (bicyclic) bond motifs is 5. The third-order valence-electron chi connectivity index (χ3n) is 7.30. The molecule has 0 spiro atoms. The second-order valence-corrected chi connectivity index (χ2v) is 10.4. The van der Waals surface area contributed by atoms with Gasteiger partial charge in [-0.25, -0.2) is 0 Å². The van der Waals surface area contributed by atoms with Gasteiger partial charge in [0.2, 0.25) is 5.91 Å². The third-order valence-corrected chi connectivity index (χ3v) is 7.30. The molecule has 1 aliphatic heterocycles. The number of amides is 3. The normalized spacial score (nSPS) is 20.4. The summed E-state index contributed by atoms with van der Waals surface area (Å²) in [7, 11) is 1.64. The van der Waals surface area contributed by atoms with Gasteiger partial charge in [-0.3, -0.25) is 19.1 Å². The van der Waals surface area contributed by atoms with Crippen molar-refractivity contribution in [2.24, 2.45) is 5.41 Å². The Balaban J connectivity index is 1.53. The summed E-state index contributed by atoms with van der Waals surface area (Å²) in [5.41, 5.74) is 1.06. The van der Waals surface area contributed by atoms with Crippen molar-refractivity contribution in [3.63, 3.8) is 0 Å². The second-order valence-electron chi connectivity index (χ2n) is 10.4. The van der Waals surface area contributed by atoms with Gasteiger partial charge >= 0.3 is 0 Å². The largest absolute Gasteiger partial charge is 0.484 e. The van der Waals surface area contributed by atoms with E-state index in [0.29, 0.717) is 54.8 Å². The van der Waals surface area contributed by atoms with Crippen molar-refractivity contribution in [3.8, 4) is 5.75 Å². The van der Waals surface area contributed by atoms with Gasteiger partial charge < -0.3 is 25.4 Å². The molecule has 0 radical (unpaired) electrons. The van der Waals surface area contributed by atoms with Crippen LogP contribution in [0.5, 0.6) is 5.75 Å². The van der Waals surface area contributed by atoms with Crippen molar-refractivity contribution in [1.82, 2.24) is 25.7 Å². The van der Waals surface area contributed by atoms with Crippen LogP contribution in [0.25, 0.3) is 10.9 Å². The molecule has 39 heavy (non-hydrogen) atoms. The van der Waals surface area contributed by atoms with Crippen molar-refractivity contribution < 1.29 is 23.9 Å². The van der Waals surface area contributed by atoms with E-state index in [9.17, 15) is 14.4 Å². The van der Waals surface area contributed by atoms with Gasteiger partial charge in [0.05, 0.1) is 17.5 Å². The number of ether oxygens (including phenoxy) is 2. The average molecular weight is 534 g/mol. The fourth-order valence-corrected chi connectivity index (χ4v) is 5.09. The van der Waals surface area contributed by atoms with Gasteiger partial charge in [-0.05, 0) is 55.9 Å². The van der Waals surface area contributed by atoms with Gasteiger partial charge in [0.1, 0.15) is 11.4 Å². The number of benzene rings is 2. The lowest BCUT2D eigenvalue weighted by Crippen LogP contribution is -2.51. The molecule has 1 atom stereocenters. The Hall–Kier alpha value is -3.92. The maximum absolute atomic E-state index is 13.9. The number of rotatable bonds is 6. The standard InChI is InChI=1S/C29H35N5O5/c1-38-15-5-12-29(28(37)32-21-10-11-21)17-20-6-4-7-22(16-20)39-18-25(35)30-13-14-34-26(27(36)31-19-29)23-8-2-3-9-24(23)33-34/h2-4,6-9,16,21H,5,10-15,17-19H2,1H3,(H,30,35)(H,31,36)(H,32,37). The first-order chi connectivity index (χ1) is 19.0. The summed E-state index contributed by atoms with van der Waals surface area (Å²) >= 11 is 0. The number of nitrogens with one attached hydrogen (secondary N) is 3. The Morgan fingerprint density at radius 3 is 2.85 bits per heavy atom. The molecule has 1 unspecified atom stereocenters. The molecule has 0 saturated heterocycles. The highest BCUT2D eigenvalue weighted by Crippen LogP contribution is 2.33. The lowest BCUT2D eigenvalue weighted by atomic mass is 9.76. The Bertz CT molecular complexity index is 1350. The van der Waals surface area contributed by atoms with Crippen molar-refractivity contribution >= 4 is 28.6 Å². The molecule has 3 amide bonds. The van der Waals surface area contributed by atoms with Crippen LogP contribution in [-0.2, 0) is 27.3 Å². The van der Waals surface area contributed by atoms with Gasteiger partial charge in [0, 0.05) is 38.2 Å². The summed E-state index contributed by atoms with van der Waals surface area (Å²) in [4.78, 5) is 40.1. The molecule has 2 heterocycles. The summed E-state index contributed by atoms with van der Waals surface area (Å²) in [6.07, 6.45) is 3.49. The lowest BCUT2D eigenvalue weighted by Gasteiger charge is -2.33. The summed E-state index contributed by atoms with van der Waals surface area (Å²) in [5.74, 6) is -0.109. The van der Waals surface area contributed by atoms with E-state index in [1.165, 1.54) is 0 Å². The Morgan fingerprint density at radius 2 is 2.03 bits per heavy atom. The summed E-state index contributed by atoms with van der Waals surface area (Å²) in [6, 6.07) is 15.1. The fourth-order valence-electron chi connectivity index (χ4n) is 5.09. The first-order valence-electron chi connectivity index (χ1n) is 13.5. The van der Waals surface area contributed by atoms with Crippen LogP contribution in [0.2, 0.25) is 0 Å². The zero-order valence-electron chi connectivity index (χ0n) is 22.2. The van der Waals surface area contributed by atoms with Crippen molar-refractivity contribution in [3.05, 3.63) is 59.8 Å². The number of carbonyl (C=O) groups excluding carboxylic acids is 3. The Morgan fingerprint density at radius 1 is 1.18 bits per heavy atom. The molecule has 10 heteroatoms. The SMILES string of the molecule is COCCCC1(C(=O)NC2CC2)CNC(=O)c2c3ccccc3nn2CCNC(=O)COc2cccc(c2)C1. The fraction of sp³-hybridized carbons (Fsp3) is 0.448. The predicted molar refractivity (Wildman–Crippen MR) is 145 cm³/mol. The van der Waals surface area contributed by atoms with Gasteiger partial charge in [-0.15, -0.1) is 0 Å². The number of aromatic nitrogens is 2. The van der Waals surface area contributed by atoms with Crippen LogP contribution in [0, 0.1) is 5.41 Å². The molecular formula is C29H35N5O5.